The van der Waals surface area contributed by atoms with Crippen molar-refractivity contribution in [2.75, 3.05) is 13.1 Å². The zero-order chi connectivity index (χ0) is 23.3. The molecule has 0 radical (unpaired) electrons. The van der Waals surface area contributed by atoms with Gasteiger partial charge in [0.1, 0.15) is 11.8 Å². The second-order valence-electron chi connectivity index (χ2n) is 8.05. The smallest absolute Gasteiger partial charge is 0.244 e. The van der Waals surface area contributed by atoms with Crippen molar-refractivity contribution in [2.45, 2.75) is 30.8 Å². The van der Waals surface area contributed by atoms with E-state index in [9.17, 15) is 18.5 Å². The van der Waals surface area contributed by atoms with E-state index in [0.717, 1.165) is 5.56 Å². The van der Waals surface area contributed by atoms with Crippen LogP contribution in [0.1, 0.15) is 29.7 Å². The van der Waals surface area contributed by atoms with Crippen LogP contribution in [0.25, 0.3) is 0 Å². The minimum Gasteiger partial charge on any atom is -0.467 e. The van der Waals surface area contributed by atoms with Gasteiger partial charge in [0.25, 0.3) is 0 Å². The molecule has 1 saturated heterocycles. The summed E-state index contributed by atoms with van der Waals surface area (Å²) in [5, 5.41) is 9.29. The summed E-state index contributed by atoms with van der Waals surface area (Å²) in [4.78, 5) is 15.2. The van der Waals surface area contributed by atoms with E-state index in [1.54, 1.807) is 29.4 Å². The van der Waals surface area contributed by atoms with Gasteiger partial charge in [-0.05, 0) is 42.7 Å². The lowest BCUT2D eigenvalue weighted by atomic mass is 9.96. The number of rotatable bonds is 7. The molecule has 0 spiro atoms. The largest absolute Gasteiger partial charge is 0.467 e. The Bertz CT molecular complexity index is 1230. The molecule has 0 atom stereocenters. The fraction of sp³-hybridized carbons (Fsp3) is 0.280. The van der Waals surface area contributed by atoms with Crippen molar-refractivity contribution in [3.8, 4) is 6.07 Å². The van der Waals surface area contributed by atoms with Gasteiger partial charge in [-0.15, -0.1) is 0 Å². The Kier molecular flexibility index (Phi) is 6.92. The van der Waals surface area contributed by atoms with Gasteiger partial charge in [-0.1, -0.05) is 42.5 Å². The van der Waals surface area contributed by atoms with Crippen LogP contribution in [0.2, 0.25) is 0 Å². The first-order chi connectivity index (χ1) is 16.0. The highest BCUT2D eigenvalue weighted by Gasteiger charge is 2.35. The molecule has 0 aliphatic carbocycles. The maximum absolute atomic E-state index is 13.4. The molecule has 1 aliphatic heterocycles. The van der Waals surface area contributed by atoms with Crippen LogP contribution in [0.15, 0.2) is 82.3 Å². The third kappa shape index (κ3) is 5.16. The van der Waals surface area contributed by atoms with Gasteiger partial charge in [-0.3, -0.25) is 4.79 Å². The lowest BCUT2D eigenvalue weighted by Gasteiger charge is -2.33. The van der Waals surface area contributed by atoms with E-state index >= 15 is 0 Å². The van der Waals surface area contributed by atoms with E-state index < -0.39 is 10.0 Å². The van der Waals surface area contributed by atoms with Crippen LogP contribution in [0.3, 0.4) is 0 Å². The van der Waals surface area contributed by atoms with E-state index in [4.69, 9.17) is 4.42 Å². The predicted octanol–water partition coefficient (Wildman–Crippen LogP) is 3.78. The van der Waals surface area contributed by atoms with Gasteiger partial charge >= 0.3 is 0 Å². The Labute approximate surface area is 193 Å². The maximum atomic E-state index is 13.4. The lowest BCUT2D eigenvalue weighted by molar-refractivity contribution is -0.138. The average molecular weight is 464 g/mol. The van der Waals surface area contributed by atoms with Gasteiger partial charge in [0.2, 0.25) is 15.9 Å². The molecule has 33 heavy (non-hydrogen) atoms. The molecule has 2 heterocycles. The highest BCUT2D eigenvalue weighted by atomic mass is 32.2. The third-order valence-corrected chi connectivity index (χ3v) is 7.84. The molecular formula is C25H25N3O4S. The maximum Gasteiger partial charge on any atom is 0.244 e. The van der Waals surface area contributed by atoms with Crippen molar-refractivity contribution < 1.29 is 17.6 Å². The van der Waals surface area contributed by atoms with Crippen molar-refractivity contribution in [3.05, 3.63) is 89.9 Å². The number of hydrogen-bond acceptors (Lipinski definition) is 5. The van der Waals surface area contributed by atoms with Gasteiger partial charge in [0, 0.05) is 25.6 Å². The van der Waals surface area contributed by atoms with Crippen LogP contribution in [-0.2, 0) is 27.9 Å². The molecule has 0 N–H and O–H groups in total. The second-order valence-corrected chi connectivity index (χ2v) is 9.95. The summed E-state index contributed by atoms with van der Waals surface area (Å²) in [5.74, 6) is 0.415. The van der Waals surface area contributed by atoms with E-state index in [2.05, 4.69) is 0 Å². The van der Waals surface area contributed by atoms with Crippen LogP contribution in [-0.4, -0.2) is 36.6 Å². The average Bonchev–Trinajstić information content (AvgIpc) is 3.37. The lowest BCUT2D eigenvalue weighted by Crippen LogP contribution is -2.44. The van der Waals surface area contributed by atoms with Gasteiger partial charge in [-0.2, -0.15) is 9.57 Å². The Morgan fingerprint density at radius 1 is 1.00 bits per heavy atom. The van der Waals surface area contributed by atoms with Crippen molar-refractivity contribution in [3.63, 3.8) is 0 Å². The van der Waals surface area contributed by atoms with Crippen molar-refractivity contribution in [1.82, 2.24) is 9.21 Å². The van der Waals surface area contributed by atoms with E-state index in [1.807, 2.05) is 42.5 Å². The third-order valence-electron chi connectivity index (χ3n) is 5.88. The molecule has 3 aromatic rings. The fourth-order valence-electron chi connectivity index (χ4n) is 4.13. The molecule has 8 heteroatoms. The van der Waals surface area contributed by atoms with Gasteiger partial charge < -0.3 is 9.32 Å². The van der Waals surface area contributed by atoms with Crippen molar-refractivity contribution in [2.24, 2.45) is 5.92 Å². The van der Waals surface area contributed by atoms with Crippen LogP contribution in [0.5, 0.6) is 0 Å². The predicted molar refractivity (Wildman–Crippen MR) is 122 cm³/mol. The van der Waals surface area contributed by atoms with Crippen molar-refractivity contribution >= 4 is 15.9 Å². The number of piperidine rings is 1. The Balaban J connectivity index is 1.47. The summed E-state index contributed by atoms with van der Waals surface area (Å²) in [5.41, 5.74) is 1.15. The van der Waals surface area contributed by atoms with Gasteiger partial charge in [-0.25, -0.2) is 8.42 Å². The summed E-state index contributed by atoms with van der Waals surface area (Å²) >= 11 is 0. The zero-order valence-electron chi connectivity index (χ0n) is 18.1. The number of hydrogen-bond donors (Lipinski definition) is 0. The summed E-state index contributed by atoms with van der Waals surface area (Å²) in [7, 11) is -3.79. The first-order valence-corrected chi connectivity index (χ1v) is 12.3. The molecule has 2 aromatic carbocycles. The number of sulfonamides is 1. The molecule has 1 aromatic heterocycles. The summed E-state index contributed by atoms with van der Waals surface area (Å²) in [6, 6.07) is 21.6. The minimum atomic E-state index is -3.79. The molecule has 0 saturated carbocycles. The standard InChI is InChI=1S/C25H25N3O4S/c26-17-22-9-4-5-11-24(22)33(30,31)28-14-12-21(13-15-28)25(29)27(19-23-10-6-16-32-23)18-20-7-2-1-3-8-20/h1-11,16,21H,12-15,18-19H2. The number of benzene rings is 2. The van der Waals surface area contributed by atoms with E-state index in [-0.39, 0.29) is 35.4 Å². The molecule has 4 rings (SSSR count). The first-order valence-electron chi connectivity index (χ1n) is 10.8. The highest BCUT2D eigenvalue weighted by molar-refractivity contribution is 7.89. The quantitative estimate of drug-likeness (QED) is 0.531. The van der Waals surface area contributed by atoms with E-state index in [1.165, 1.54) is 16.4 Å². The van der Waals surface area contributed by atoms with Crippen LogP contribution < -0.4 is 0 Å². The van der Waals surface area contributed by atoms with Gasteiger partial charge in [0.15, 0.2) is 0 Å². The minimum absolute atomic E-state index is 0.00951. The summed E-state index contributed by atoms with van der Waals surface area (Å²) in [6.07, 6.45) is 2.44. The summed E-state index contributed by atoms with van der Waals surface area (Å²) in [6.45, 7) is 1.28. The molecule has 1 fully saturated rings. The monoisotopic (exact) mass is 463 g/mol. The van der Waals surface area contributed by atoms with Gasteiger partial charge in [0.05, 0.1) is 23.3 Å². The molecule has 1 amide bonds. The van der Waals surface area contributed by atoms with Crippen LogP contribution >= 0.6 is 0 Å². The number of furan rings is 1. The normalized spacial score (nSPS) is 15.1. The summed E-state index contributed by atoms with van der Waals surface area (Å²) < 4.78 is 33.0. The topological polar surface area (TPSA) is 94.6 Å². The molecule has 0 bridgehead atoms. The molecular weight excluding hydrogens is 438 g/mol. The number of carbonyl (C=O) groups excluding carboxylic acids is 1. The molecule has 170 valence electrons. The number of amides is 1. The highest BCUT2D eigenvalue weighted by Crippen LogP contribution is 2.27. The van der Waals surface area contributed by atoms with Crippen LogP contribution in [0, 0.1) is 17.2 Å². The Hall–Kier alpha value is -3.41. The molecule has 0 unspecified atom stereocenters. The second kappa shape index (κ2) is 10.0. The zero-order valence-corrected chi connectivity index (χ0v) is 18.9. The van der Waals surface area contributed by atoms with Crippen LogP contribution in [0.4, 0.5) is 0 Å². The number of nitrogens with zero attached hydrogens (tertiary/aromatic N) is 3. The number of carbonyl (C=O) groups is 1. The fourth-order valence-corrected chi connectivity index (χ4v) is 5.74. The van der Waals surface area contributed by atoms with Crippen molar-refractivity contribution in [1.29, 1.82) is 5.26 Å². The Morgan fingerprint density at radius 2 is 1.70 bits per heavy atom. The Morgan fingerprint density at radius 3 is 2.36 bits per heavy atom. The first kappa shape index (κ1) is 22.8. The SMILES string of the molecule is N#Cc1ccccc1S(=O)(=O)N1CCC(C(=O)N(Cc2ccccc2)Cc2ccco2)CC1. The molecule has 7 nitrogen and oxygen atoms in total. The molecule has 1 aliphatic rings. The van der Waals surface area contributed by atoms with E-state index in [0.29, 0.717) is 31.7 Å². The number of nitriles is 1.